The molecule has 3 atom stereocenters. The summed E-state index contributed by atoms with van der Waals surface area (Å²) in [4.78, 5) is 14.5. The molecule has 0 bridgehead atoms. The van der Waals surface area contributed by atoms with Crippen LogP contribution < -0.4 is 5.32 Å². The fraction of sp³-hybridized carbons (Fsp3) is 0.929. The Morgan fingerprint density at radius 3 is 2.47 bits per heavy atom. The van der Waals surface area contributed by atoms with E-state index in [2.05, 4.69) is 37.9 Å². The lowest BCUT2D eigenvalue weighted by Gasteiger charge is -2.28. The molecule has 2 aliphatic rings. The number of likely N-dealkylation sites (tertiary alicyclic amines) is 1. The zero-order valence-corrected chi connectivity index (χ0v) is 11.6. The van der Waals surface area contributed by atoms with E-state index in [9.17, 15) is 4.79 Å². The molecule has 1 amide bonds. The van der Waals surface area contributed by atoms with Crippen LogP contribution in [-0.2, 0) is 4.79 Å². The van der Waals surface area contributed by atoms with Gasteiger partial charge >= 0.3 is 0 Å². The van der Waals surface area contributed by atoms with Crippen molar-refractivity contribution < 1.29 is 4.79 Å². The van der Waals surface area contributed by atoms with Gasteiger partial charge in [-0.25, -0.2) is 0 Å². The molecule has 2 fully saturated rings. The predicted molar refractivity (Wildman–Crippen MR) is 69.7 cm³/mol. The summed E-state index contributed by atoms with van der Waals surface area (Å²) in [6, 6.07) is 0. The minimum atomic E-state index is 0.216. The van der Waals surface area contributed by atoms with Crippen molar-refractivity contribution in [3.05, 3.63) is 0 Å². The molecule has 98 valence electrons. The highest BCUT2D eigenvalue weighted by molar-refractivity contribution is 5.80. The van der Waals surface area contributed by atoms with Crippen LogP contribution in [0.5, 0.6) is 0 Å². The quantitative estimate of drug-likeness (QED) is 0.754. The topological polar surface area (TPSA) is 32.3 Å². The van der Waals surface area contributed by atoms with E-state index in [1.807, 2.05) is 0 Å². The Balaban J connectivity index is 1.94. The summed E-state index contributed by atoms with van der Waals surface area (Å²) in [5, 5.41) is 3.32. The van der Waals surface area contributed by atoms with Crippen molar-refractivity contribution in [2.45, 2.75) is 34.1 Å². The Bertz CT molecular complexity index is 295. The summed E-state index contributed by atoms with van der Waals surface area (Å²) in [6.07, 6.45) is 1.17. The van der Waals surface area contributed by atoms with E-state index in [0.717, 1.165) is 26.2 Å². The van der Waals surface area contributed by atoms with Crippen molar-refractivity contribution in [3.63, 3.8) is 0 Å². The first-order chi connectivity index (χ1) is 7.89. The van der Waals surface area contributed by atoms with Crippen molar-refractivity contribution in [1.82, 2.24) is 10.2 Å². The van der Waals surface area contributed by atoms with Gasteiger partial charge in [0.1, 0.15) is 0 Å². The maximum absolute atomic E-state index is 12.4. The lowest BCUT2D eigenvalue weighted by Crippen LogP contribution is -2.38. The average Bonchev–Trinajstić information content (AvgIpc) is 2.83. The van der Waals surface area contributed by atoms with Gasteiger partial charge in [-0.1, -0.05) is 27.7 Å². The molecule has 1 N–H and O–H groups in total. The van der Waals surface area contributed by atoms with Crippen LogP contribution >= 0.6 is 0 Å². The minimum Gasteiger partial charge on any atom is -0.342 e. The molecule has 3 heteroatoms. The maximum atomic E-state index is 12.4. The average molecular weight is 238 g/mol. The lowest BCUT2D eigenvalue weighted by atomic mass is 9.80. The van der Waals surface area contributed by atoms with Crippen molar-refractivity contribution in [1.29, 1.82) is 0 Å². The number of hydrogen-bond donors (Lipinski definition) is 1. The minimum absolute atomic E-state index is 0.216. The second kappa shape index (κ2) is 4.60. The summed E-state index contributed by atoms with van der Waals surface area (Å²) in [7, 11) is 0. The summed E-state index contributed by atoms with van der Waals surface area (Å²) < 4.78 is 0. The largest absolute Gasteiger partial charge is 0.342 e. The van der Waals surface area contributed by atoms with Crippen LogP contribution in [-0.4, -0.2) is 37.0 Å². The number of rotatable bonds is 1. The number of carbonyl (C=O) groups is 1. The predicted octanol–water partition coefficient (Wildman–Crippen LogP) is 1.74. The van der Waals surface area contributed by atoms with Crippen LogP contribution in [0.4, 0.5) is 0 Å². The van der Waals surface area contributed by atoms with Crippen molar-refractivity contribution in [2.24, 2.45) is 23.2 Å². The third-order valence-electron chi connectivity index (χ3n) is 4.56. The summed E-state index contributed by atoms with van der Waals surface area (Å²) in [5.74, 6) is 1.76. The van der Waals surface area contributed by atoms with E-state index in [1.54, 1.807) is 0 Å². The molecule has 0 aromatic carbocycles. The SMILES string of the molecule is C[C@@H]1CNC[C@H]1C(=O)N1CCC(C(C)(C)C)C1. The van der Waals surface area contributed by atoms with Gasteiger partial charge in [-0.15, -0.1) is 0 Å². The highest BCUT2D eigenvalue weighted by Crippen LogP contribution is 2.34. The molecule has 2 rings (SSSR count). The Hall–Kier alpha value is -0.570. The first-order valence-electron chi connectivity index (χ1n) is 6.89. The Labute approximate surface area is 105 Å². The van der Waals surface area contributed by atoms with E-state index >= 15 is 0 Å². The van der Waals surface area contributed by atoms with Crippen molar-refractivity contribution in [2.75, 3.05) is 26.2 Å². The molecule has 0 aromatic rings. The number of hydrogen-bond acceptors (Lipinski definition) is 2. The van der Waals surface area contributed by atoms with E-state index < -0.39 is 0 Å². The number of carbonyl (C=O) groups excluding carboxylic acids is 1. The highest BCUT2D eigenvalue weighted by atomic mass is 16.2. The second-order valence-electron chi connectivity index (χ2n) is 6.88. The van der Waals surface area contributed by atoms with Gasteiger partial charge in [-0.05, 0) is 30.2 Å². The molecular formula is C14H26N2O. The van der Waals surface area contributed by atoms with Gasteiger partial charge in [0.15, 0.2) is 0 Å². The fourth-order valence-electron chi connectivity index (χ4n) is 3.04. The van der Waals surface area contributed by atoms with Crippen LogP contribution in [0.3, 0.4) is 0 Å². The molecular weight excluding hydrogens is 212 g/mol. The van der Waals surface area contributed by atoms with Gasteiger partial charge in [0.25, 0.3) is 0 Å². The second-order valence-corrected chi connectivity index (χ2v) is 6.88. The Kier molecular flexibility index (Phi) is 3.48. The molecule has 2 heterocycles. The van der Waals surface area contributed by atoms with Crippen LogP contribution in [0.2, 0.25) is 0 Å². The molecule has 0 radical (unpaired) electrons. The number of amides is 1. The van der Waals surface area contributed by atoms with Gasteiger partial charge in [-0.3, -0.25) is 4.79 Å². The van der Waals surface area contributed by atoms with Crippen molar-refractivity contribution in [3.8, 4) is 0 Å². The summed E-state index contributed by atoms with van der Waals surface area (Å²) >= 11 is 0. The summed E-state index contributed by atoms with van der Waals surface area (Å²) in [5.41, 5.74) is 0.328. The van der Waals surface area contributed by atoms with E-state index in [1.165, 1.54) is 6.42 Å². The molecule has 0 spiro atoms. The fourth-order valence-corrected chi connectivity index (χ4v) is 3.04. The molecule has 1 unspecified atom stereocenters. The Morgan fingerprint density at radius 2 is 2.00 bits per heavy atom. The third-order valence-corrected chi connectivity index (χ3v) is 4.56. The van der Waals surface area contributed by atoms with E-state index in [4.69, 9.17) is 0 Å². The van der Waals surface area contributed by atoms with Gasteiger partial charge in [-0.2, -0.15) is 0 Å². The van der Waals surface area contributed by atoms with Crippen LogP contribution in [0.15, 0.2) is 0 Å². The monoisotopic (exact) mass is 238 g/mol. The van der Waals surface area contributed by atoms with E-state index in [0.29, 0.717) is 23.2 Å². The third kappa shape index (κ3) is 2.65. The van der Waals surface area contributed by atoms with Crippen LogP contribution in [0.1, 0.15) is 34.1 Å². The maximum Gasteiger partial charge on any atom is 0.227 e. The molecule has 3 nitrogen and oxygen atoms in total. The standard InChI is InChI=1S/C14H26N2O/c1-10-7-15-8-12(10)13(17)16-6-5-11(9-16)14(2,3)4/h10-12,15H,5-9H2,1-4H3/t10-,11?,12-/m1/s1. The normalized spacial score (nSPS) is 34.4. The number of nitrogens with one attached hydrogen (secondary N) is 1. The van der Waals surface area contributed by atoms with Crippen molar-refractivity contribution >= 4 is 5.91 Å². The van der Waals surface area contributed by atoms with Gasteiger partial charge in [0.2, 0.25) is 5.91 Å². The molecule has 2 aliphatic heterocycles. The van der Waals surface area contributed by atoms with Gasteiger partial charge in [0, 0.05) is 19.6 Å². The summed E-state index contributed by atoms with van der Waals surface area (Å²) in [6.45, 7) is 12.8. The van der Waals surface area contributed by atoms with Gasteiger partial charge in [0.05, 0.1) is 5.92 Å². The zero-order chi connectivity index (χ0) is 12.6. The highest BCUT2D eigenvalue weighted by Gasteiger charge is 2.38. The number of nitrogens with zero attached hydrogens (tertiary/aromatic N) is 1. The molecule has 0 aliphatic carbocycles. The smallest absolute Gasteiger partial charge is 0.227 e. The van der Waals surface area contributed by atoms with Crippen LogP contribution in [0.25, 0.3) is 0 Å². The van der Waals surface area contributed by atoms with Crippen LogP contribution in [0, 0.1) is 23.2 Å². The lowest BCUT2D eigenvalue weighted by molar-refractivity contribution is -0.135. The molecule has 2 saturated heterocycles. The zero-order valence-electron chi connectivity index (χ0n) is 11.6. The Morgan fingerprint density at radius 1 is 1.29 bits per heavy atom. The van der Waals surface area contributed by atoms with E-state index in [-0.39, 0.29) is 5.92 Å². The first-order valence-corrected chi connectivity index (χ1v) is 6.89. The van der Waals surface area contributed by atoms with Gasteiger partial charge < -0.3 is 10.2 Å². The molecule has 0 saturated carbocycles. The first kappa shape index (κ1) is 12.9. The molecule has 17 heavy (non-hydrogen) atoms. The molecule has 0 aromatic heterocycles.